The second-order valence-corrected chi connectivity index (χ2v) is 6.69. The maximum Gasteiger partial charge on any atom is 0.416 e. The number of amides is 2. The Bertz CT molecular complexity index is 663. The van der Waals surface area contributed by atoms with Gasteiger partial charge in [0, 0.05) is 12.1 Å². The van der Waals surface area contributed by atoms with Gasteiger partial charge in [-0.2, -0.15) is 13.2 Å². The molecule has 3 rings (SSSR count). The molecule has 0 aromatic heterocycles. The smallest absolute Gasteiger partial charge is 0.342 e. The van der Waals surface area contributed by atoms with Crippen LogP contribution in [0.1, 0.15) is 37.7 Å². The fourth-order valence-corrected chi connectivity index (χ4v) is 3.59. The zero-order valence-electron chi connectivity index (χ0n) is 13.6. The molecule has 1 aliphatic carbocycles. The summed E-state index contributed by atoms with van der Waals surface area (Å²) in [6, 6.07) is 4.37. The summed E-state index contributed by atoms with van der Waals surface area (Å²) < 4.78 is 38.1. The lowest BCUT2D eigenvalue weighted by atomic mass is 9.87. The van der Waals surface area contributed by atoms with Gasteiger partial charge in [-0.05, 0) is 31.0 Å². The molecule has 2 fully saturated rings. The molecule has 0 unspecified atom stereocenters. The summed E-state index contributed by atoms with van der Waals surface area (Å²) in [6.07, 6.45) is -0.376. The van der Waals surface area contributed by atoms with Crippen LogP contribution in [-0.2, 0) is 15.8 Å². The second-order valence-electron chi connectivity index (χ2n) is 6.69. The van der Waals surface area contributed by atoms with Gasteiger partial charge in [0.15, 0.2) is 6.04 Å². The third-order valence-corrected chi connectivity index (χ3v) is 4.84. The van der Waals surface area contributed by atoms with Crippen LogP contribution in [0.25, 0.3) is 0 Å². The molecular formula is C17H21F3N3O2+. The standard InChI is InChI=1S/C17H20F3N3O2/c18-17(19,20)10-4-3-5-11(8-10)21-15(24)9-14-16(25)23-13-7-2-1-6-12(13)22-14/h3-5,8,12-14,22H,1-2,6-7,9H2,(H,21,24)(H,23,25)/p+1/t12-,13+,14-/m1/s1. The molecule has 136 valence electrons. The average Bonchev–Trinajstić information content (AvgIpc) is 2.55. The van der Waals surface area contributed by atoms with Gasteiger partial charge in [-0.3, -0.25) is 9.59 Å². The summed E-state index contributed by atoms with van der Waals surface area (Å²) >= 11 is 0. The van der Waals surface area contributed by atoms with E-state index in [1.165, 1.54) is 12.1 Å². The topological polar surface area (TPSA) is 74.8 Å². The van der Waals surface area contributed by atoms with Crippen LogP contribution in [0.4, 0.5) is 18.9 Å². The van der Waals surface area contributed by atoms with Gasteiger partial charge in [0.1, 0.15) is 6.04 Å². The summed E-state index contributed by atoms with van der Waals surface area (Å²) in [4.78, 5) is 24.3. The van der Waals surface area contributed by atoms with Crippen LogP contribution in [0.5, 0.6) is 0 Å². The number of alkyl halides is 3. The highest BCUT2D eigenvalue weighted by Gasteiger charge is 2.40. The van der Waals surface area contributed by atoms with E-state index in [2.05, 4.69) is 10.6 Å². The fraction of sp³-hybridized carbons (Fsp3) is 0.529. The van der Waals surface area contributed by atoms with E-state index < -0.39 is 23.7 Å². The van der Waals surface area contributed by atoms with Crippen LogP contribution >= 0.6 is 0 Å². The van der Waals surface area contributed by atoms with Gasteiger partial charge >= 0.3 is 6.18 Å². The third kappa shape index (κ3) is 4.31. The van der Waals surface area contributed by atoms with Gasteiger partial charge in [-0.25, -0.2) is 0 Å². The molecule has 1 saturated heterocycles. The molecule has 1 aliphatic heterocycles. The lowest BCUT2D eigenvalue weighted by molar-refractivity contribution is -0.718. The van der Waals surface area contributed by atoms with Crippen LogP contribution < -0.4 is 16.0 Å². The van der Waals surface area contributed by atoms with Crippen LogP contribution in [0.3, 0.4) is 0 Å². The summed E-state index contributed by atoms with van der Waals surface area (Å²) in [6.45, 7) is 0. The quantitative estimate of drug-likeness (QED) is 0.766. The molecule has 2 aliphatic rings. The minimum Gasteiger partial charge on any atom is -0.342 e. The first kappa shape index (κ1) is 17.7. The molecule has 3 atom stereocenters. The summed E-state index contributed by atoms with van der Waals surface area (Å²) in [5.74, 6) is -0.646. The van der Waals surface area contributed by atoms with Crippen molar-refractivity contribution in [1.82, 2.24) is 5.32 Å². The first-order chi connectivity index (χ1) is 11.8. The van der Waals surface area contributed by atoms with Gasteiger partial charge in [0.05, 0.1) is 18.0 Å². The Morgan fingerprint density at radius 2 is 2.04 bits per heavy atom. The zero-order valence-corrected chi connectivity index (χ0v) is 13.6. The maximum absolute atomic E-state index is 12.7. The van der Waals surface area contributed by atoms with E-state index in [0.29, 0.717) is 0 Å². The number of nitrogens with two attached hydrogens (primary N) is 1. The number of anilines is 1. The molecule has 25 heavy (non-hydrogen) atoms. The van der Waals surface area contributed by atoms with E-state index in [1.54, 1.807) is 0 Å². The lowest BCUT2D eigenvalue weighted by Crippen LogP contribution is -3.03. The first-order valence-corrected chi connectivity index (χ1v) is 8.45. The number of nitrogens with one attached hydrogen (secondary N) is 2. The Morgan fingerprint density at radius 1 is 1.28 bits per heavy atom. The highest BCUT2D eigenvalue weighted by atomic mass is 19.4. The number of quaternary nitrogens is 1. The number of benzene rings is 1. The fourth-order valence-electron chi connectivity index (χ4n) is 3.59. The lowest BCUT2D eigenvalue weighted by Gasteiger charge is -2.37. The number of fused-ring (bicyclic) bond motifs is 1. The average molecular weight is 356 g/mol. The number of halogens is 3. The molecule has 4 N–H and O–H groups in total. The number of hydrogen-bond acceptors (Lipinski definition) is 2. The molecular weight excluding hydrogens is 335 g/mol. The first-order valence-electron chi connectivity index (χ1n) is 8.45. The monoisotopic (exact) mass is 356 g/mol. The van der Waals surface area contributed by atoms with E-state index >= 15 is 0 Å². The van der Waals surface area contributed by atoms with Gasteiger partial charge in [0.25, 0.3) is 5.91 Å². The Morgan fingerprint density at radius 3 is 2.80 bits per heavy atom. The van der Waals surface area contributed by atoms with Crippen LogP contribution in [0.15, 0.2) is 24.3 Å². The molecule has 0 spiro atoms. The molecule has 1 aromatic carbocycles. The van der Waals surface area contributed by atoms with Crippen molar-refractivity contribution in [3.05, 3.63) is 29.8 Å². The Hall–Kier alpha value is -2.09. The SMILES string of the molecule is O=C(C[C@H]1[NH2+][C@@H]2CCCC[C@@H]2NC1=O)Nc1cccc(C(F)(F)F)c1. The van der Waals surface area contributed by atoms with E-state index in [9.17, 15) is 22.8 Å². The van der Waals surface area contributed by atoms with Crippen LogP contribution in [-0.4, -0.2) is 29.9 Å². The molecule has 8 heteroatoms. The predicted octanol–water partition coefficient (Wildman–Crippen LogP) is 1.41. The molecule has 0 bridgehead atoms. The summed E-state index contributed by atoms with van der Waals surface area (Å²) in [5.41, 5.74) is -0.746. The number of carbonyl (C=O) groups excluding carboxylic acids is 2. The largest absolute Gasteiger partial charge is 0.416 e. The van der Waals surface area contributed by atoms with Crippen molar-refractivity contribution in [3.8, 4) is 0 Å². The maximum atomic E-state index is 12.7. The highest BCUT2D eigenvalue weighted by molar-refractivity contribution is 5.95. The zero-order chi connectivity index (χ0) is 18.0. The molecule has 1 heterocycles. The minimum absolute atomic E-state index is 0.0642. The molecule has 1 aromatic rings. The van der Waals surface area contributed by atoms with E-state index in [1.807, 2.05) is 5.32 Å². The van der Waals surface area contributed by atoms with Crippen molar-refractivity contribution in [2.24, 2.45) is 0 Å². The number of rotatable bonds is 3. The Labute approximate surface area is 143 Å². The molecule has 5 nitrogen and oxygen atoms in total. The van der Waals surface area contributed by atoms with E-state index in [-0.39, 0.29) is 30.1 Å². The highest BCUT2D eigenvalue weighted by Crippen LogP contribution is 2.30. The van der Waals surface area contributed by atoms with Crippen molar-refractivity contribution in [2.75, 3.05) is 5.32 Å². The Balaban J connectivity index is 1.60. The van der Waals surface area contributed by atoms with Gasteiger partial charge in [0.2, 0.25) is 5.91 Å². The number of hydrogen-bond donors (Lipinski definition) is 3. The summed E-state index contributed by atoms with van der Waals surface area (Å²) in [5, 5.41) is 7.36. The van der Waals surface area contributed by atoms with E-state index in [0.717, 1.165) is 37.8 Å². The van der Waals surface area contributed by atoms with Gasteiger partial charge in [-0.1, -0.05) is 12.5 Å². The predicted molar refractivity (Wildman–Crippen MR) is 84.6 cm³/mol. The second kappa shape index (κ2) is 7.03. The van der Waals surface area contributed by atoms with Crippen LogP contribution in [0, 0.1) is 0 Å². The third-order valence-electron chi connectivity index (χ3n) is 4.84. The van der Waals surface area contributed by atoms with Crippen molar-refractivity contribution in [2.45, 2.75) is 56.4 Å². The van der Waals surface area contributed by atoms with Gasteiger partial charge < -0.3 is 16.0 Å². The Kier molecular flexibility index (Phi) is 4.99. The van der Waals surface area contributed by atoms with Crippen molar-refractivity contribution in [3.63, 3.8) is 0 Å². The van der Waals surface area contributed by atoms with Gasteiger partial charge in [-0.15, -0.1) is 0 Å². The summed E-state index contributed by atoms with van der Waals surface area (Å²) in [7, 11) is 0. The van der Waals surface area contributed by atoms with Crippen LogP contribution in [0.2, 0.25) is 0 Å². The molecule has 2 amide bonds. The molecule has 0 radical (unpaired) electrons. The number of carbonyl (C=O) groups is 2. The molecule has 1 saturated carbocycles. The minimum atomic E-state index is -4.46. The van der Waals surface area contributed by atoms with Crippen molar-refractivity contribution < 1.29 is 28.1 Å². The van der Waals surface area contributed by atoms with Crippen molar-refractivity contribution in [1.29, 1.82) is 0 Å². The normalized spacial score (nSPS) is 26.5. The number of piperazine rings is 1. The van der Waals surface area contributed by atoms with Crippen molar-refractivity contribution >= 4 is 17.5 Å². The van der Waals surface area contributed by atoms with E-state index in [4.69, 9.17) is 0 Å².